The predicted molar refractivity (Wildman–Crippen MR) is 68.2 cm³/mol. The van der Waals surface area contributed by atoms with Crippen LogP contribution in [0.1, 0.15) is 30.1 Å². The van der Waals surface area contributed by atoms with E-state index in [1.54, 1.807) is 0 Å². The smallest absolute Gasteiger partial charge is 0.115 e. The fourth-order valence-corrected chi connectivity index (χ4v) is 2.60. The number of fused-ring (bicyclic) bond motifs is 1. The van der Waals surface area contributed by atoms with E-state index in [-0.39, 0.29) is 0 Å². The van der Waals surface area contributed by atoms with Crippen molar-refractivity contribution in [3.05, 3.63) is 29.6 Å². The quantitative estimate of drug-likeness (QED) is 0.770. The maximum Gasteiger partial charge on any atom is 0.115 e. The van der Waals surface area contributed by atoms with Crippen molar-refractivity contribution in [3.63, 3.8) is 0 Å². The van der Waals surface area contributed by atoms with Crippen LogP contribution in [0.15, 0.2) is 18.2 Å². The van der Waals surface area contributed by atoms with E-state index in [2.05, 4.69) is 15.6 Å². The molecule has 1 unspecified atom stereocenters. The summed E-state index contributed by atoms with van der Waals surface area (Å²) in [5, 5.41) is 8.92. The molecular weight excluding hydrogens is 226 g/mol. The molecule has 1 aromatic heterocycles. The molecule has 2 heterocycles. The van der Waals surface area contributed by atoms with Gasteiger partial charge in [0.05, 0.1) is 29.3 Å². The molecule has 18 heavy (non-hydrogen) atoms. The summed E-state index contributed by atoms with van der Waals surface area (Å²) in [5.41, 5.74) is 2.64. The number of hydrogen-bond acceptors (Lipinski definition) is 3. The van der Waals surface area contributed by atoms with Crippen molar-refractivity contribution in [2.45, 2.75) is 18.8 Å². The Kier molecular flexibility index (Phi) is 2.77. The molecule has 92 valence electrons. The van der Waals surface area contributed by atoms with Gasteiger partial charge in [0.1, 0.15) is 5.82 Å². The Bertz CT molecular complexity index is 618. The average Bonchev–Trinajstić information content (AvgIpc) is 2.76. The van der Waals surface area contributed by atoms with Gasteiger partial charge in [-0.3, -0.25) is 0 Å². The molecule has 1 saturated heterocycles. The summed E-state index contributed by atoms with van der Waals surface area (Å²) < 4.78 is 7.65. The molecule has 1 aliphatic heterocycles. The van der Waals surface area contributed by atoms with Gasteiger partial charge < -0.3 is 9.30 Å². The third kappa shape index (κ3) is 1.77. The van der Waals surface area contributed by atoms with Crippen LogP contribution >= 0.6 is 0 Å². The number of nitrogens with zero attached hydrogens (tertiary/aromatic N) is 3. The second kappa shape index (κ2) is 4.43. The predicted octanol–water partition coefficient (Wildman–Crippen LogP) is 2.34. The van der Waals surface area contributed by atoms with E-state index in [1.165, 1.54) is 0 Å². The van der Waals surface area contributed by atoms with Crippen molar-refractivity contribution in [2.75, 3.05) is 13.2 Å². The lowest BCUT2D eigenvalue weighted by Crippen LogP contribution is -2.18. The molecular formula is C14H15N3O. The Morgan fingerprint density at radius 2 is 2.39 bits per heavy atom. The number of ether oxygens (including phenoxy) is 1. The average molecular weight is 241 g/mol. The molecule has 0 spiro atoms. The minimum Gasteiger partial charge on any atom is -0.381 e. The van der Waals surface area contributed by atoms with Gasteiger partial charge in [-0.05, 0) is 31.0 Å². The van der Waals surface area contributed by atoms with Crippen LogP contribution in [0.2, 0.25) is 0 Å². The fourth-order valence-electron chi connectivity index (χ4n) is 2.60. The van der Waals surface area contributed by atoms with Gasteiger partial charge in [0, 0.05) is 19.6 Å². The molecule has 0 N–H and O–H groups in total. The Balaban J connectivity index is 2.07. The van der Waals surface area contributed by atoms with Gasteiger partial charge in [-0.25, -0.2) is 4.98 Å². The van der Waals surface area contributed by atoms with Gasteiger partial charge in [-0.15, -0.1) is 0 Å². The van der Waals surface area contributed by atoms with Crippen LogP contribution in [0.25, 0.3) is 11.0 Å². The van der Waals surface area contributed by atoms with Gasteiger partial charge in [-0.1, -0.05) is 0 Å². The maximum atomic E-state index is 8.92. The van der Waals surface area contributed by atoms with Gasteiger partial charge in [0.2, 0.25) is 0 Å². The number of benzene rings is 1. The van der Waals surface area contributed by atoms with Crippen molar-refractivity contribution >= 4 is 11.0 Å². The molecule has 3 rings (SSSR count). The summed E-state index contributed by atoms with van der Waals surface area (Å²) in [6.07, 6.45) is 2.22. The van der Waals surface area contributed by atoms with E-state index in [0.29, 0.717) is 11.5 Å². The molecule has 1 fully saturated rings. The van der Waals surface area contributed by atoms with Crippen molar-refractivity contribution in [1.82, 2.24) is 9.55 Å². The van der Waals surface area contributed by atoms with Gasteiger partial charge in [0.15, 0.2) is 0 Å². The molecule has 1 atom stereocenters. The van der Waals surface area contributed by atoms with Crippen LogP contribution in [0.5, 0.6) is 0 Å². The topological polar surface area (TPSA) is 50.8 Å². The summed E-state index contributed by atoms with van der Waals surface area (Å²) >= 11 is 0. The lowest BCUT2D eigenvalue weighted by atomic mass is 10.0. The number of hydrogen-bond donors (Lipinski definition) is 0. The summed E-state index contributed by atoms with van der Waals surface area (Å²) in [6.45, 7) is 1.61. The highest BCUT2D eigenvalue weighted by Crippen LogP contribution is 2.27. The van der Waals surface area contributed by atoms with E-state index < -0.39 is 0 Å². The zero-order chi connectivity index (χ0) is 12.5. The van der Waals surface area contributed by atoms with E-state index in [1.807, 2.05) is 25.2 Å². The van der Waals surface area contributed by atoms with Crippen LogP contribution in [0.3, 0.4) is 0 Å². The normalized spacial score (nSPS) is 19.9. The van der Waals surface area contributed by atoms with E-state index in [4.69, 9.17) is 10.00 Å². The molecule has 2 aromatic rings. The van der Waals surface area contributed by atoms with Crippen molar-refractivity contribution in [1.29, 1.82) is 5.26 Å². The van der Waals surface area contributed by atoms with Crippen molar-refractivity contribution in [3.8, 4) is 6.07 Å². The highest BCUT2D eigenvalue weighted by Gasteiger charge is 2.21. The molecule has 0 aliphatic carbocycles. The standard InChI is InChI=1S/C14H15N3O/c1-17-13-5-4-10(8-15)7-12(13)16-14(17)11-3-2-6-18-9-11/h4-5,7,11H,2-3,6,9H2,1H3. The lowest BCUT2D eigenvalue weighted by molar-refractivity contribution is 0.0774. The van der Waals surface area contributed by atoms with Crippen molar-refractivity contribution in [2.24, 2.45) is 7.05 Å². The zero-order valence-corrected chi connectivity index (χ0v) is 10.4. The molecule has 1 aromatic carbocycles. The molecule has 4 heteroatoms. The Morgan fingerprint density at radius 1 is 1.50 bits per heavy atom. The second-order valence-electron chi connectivity index (χ2n) is 4.76. The number of nitriles is 1. The van der Waals surface area contributed by atoms with E-state index in [0.717, 1.165) is 42.9 Å². The van der Waals surface area contributed by atoms with Crippen LogP contribution in [0.4, 0.5) is 0 Å². The maximum absolute atomic E-state index is 8.92. The van der Waals surface area contributed by atoms with Crippen LogP contribution in [-0.4, -0.2) is 22.8 Å². The van der Waals surface area contributed by atoms with Gasteiger partial charge >= 0.3 is 0 Å². The number of aryl methyl sites for hydroxylation is 1. The van der Waals surface area contributed by atoms with Gasteiger partial charge in [0.25, 0.3) is 0 Å². The third-order valence-electron chi connectivity index (χ3n) is 3.57. The lowest BCUT2D eigenvalue weighted by Gasteiger charge is -2.21. The number of imidazole rings is 1. The minimum absolute atomic E-state index is 0.377. The second-order valence-corrected chi connectivity index (χ2v) is 4.76. The Labute approximate surface area is 106 Å². The highest BCUT2D eigenvalue weighted by atomic mass is 16.5. The zero-order valence-electron chi connectivity index (χ0n) is 10.4. The Hall–Kier alpha value is -1.86. The Morgan fingerprint density at radius 3 is 3.11 bits per heavy atom. The summed E-state index contributed by atoms with van der Waals surface area (Å²) in [5.74, 6) is 1.45. The first-order valence-corrected chi connectivity index (χ1v) is 6.24. The highest BCUT2D eigenvalue weighted by molar-refractivity contribution is 5.77. The monoisotopic (exact) mass is 241 g/mol. The van der Waals surface area contributed by atoms with Crippen molar-refractivity contribution < 1.29 is 4.74 Å². The third-order valence-corrected chi connectivity index (χ3v) is 3.57. The first kappa shape index (κ1) is 11.2. The van der Waals surface area contributed by atoms with Crippen LogP contribution in [-0.2, 0) is 11.8 Å². The number of rotatable bonds is 1. The molecule has 1 aliphatic rings. The SMILES string of the molecule is Cn1c(C2CCCOC2)nc2cc(C#N)ccc21. The van der Waals surface area contributed by atoms with E-state index >= 15 is 0 Å². The van der Waals surface area contributed by atoms with E-state index in [9.17, 15) is 0 Å². The van der Waals surface area contributed by atoms with Gasteiger partial charge in [-0.2, -0.15) is 5.26 Å². The molecule has 0 radical (unpaired) electrons. The summed E-state index contributed by atoms with van der Waals surface area (Å²) in [6, 6.07) is 7.81. The molecule has 0 bridgehead atoms. The first-order valence-electron chi connectivity index (χ1n) is 6.24. The summed E-state index contributed by atoms with van der Waals surface area (Å²) in [4.78, 5) is 4.68. The van der Waals surface area contributed by atoms with Crippen LogP contribution < -0.4 is 0 Å². The van der Waals surface area contributed by atoms with Crippen LogP contribution in [0, 0.1) is 11.3 Å². The number of aromatic nitrogens is 2. The minimum atomic E-state index is 0.377. The molecule has 0 saturated carbocycles. The first-order chi connectivity index (χ1) is 8.79. The summed E-state index contributed by atoms with van der Waals surface area (Å²) in [7, 11) is 2.03. The molecule has 4 nitrogen and oxygen atoms in total. The largest absolute Gasteiger partial charge is 0.381 e. The molecule has 0 amide bonds. The fraction of sp³-hybridized carbons (Fsp3) is 0.429.